The first-order valence-electron chi connectivity index (χ1n) is 11.0. The molecule has 1 unspecified atom stereocenters. The van der Waals surface area contributed by atoms with Gasteiger partial charge in [-0.15, -0.1) is 0 Å². The lowest BCUT2D eigenvalue weighted by molar-refractivity contribution is -0.168. The van der Waals surface area contributed by atoms with E-state index in [4.69, 9.17) is 14.6 Å². The molecule has 1 aliphatic carbocycles. The van der Waals surface area contributed by atoms with E-state index in [9.17, 15) is 27.6 Å². The molecule has 0 spiro atoms. The minimum absolute atomic E-state index is 0.123. The summed E-state index contributed by atoms with van der Waals surface area (Å²) in [6, 6.07) is 12.1. The summed E-state index contributed by atoms with van der Waals surface area (Å²) in [7, 11) is 0. The summed E-state index contributed by atoms with van der Waals surface area (Å²) >= 11 is 0. The van der Waals surface area contributed by atoms with E-state index >= 15 is 0 Å². The van der Waals surface area contributed by atoms with Crippen LogP contribution in [0, 0.1) is 5.92 Å². The first kappa shape index (κ1) is 24.5. The summed E-state index contributed by atoms with van der Waals surface area (Å²) in [5.74, 6) is -3.81. The minimum atomic E-state index is -5.09. The van der Waals surface area contributed by atoms with Crippen LogP contribution < -0.4 is 10.6 Å². The van der Waals surface area contributed by atoms with Crippen LogP contribution in [-0.2, 0) is 19.1 Å². The SMILES string of the molecule is O=C(NC(C(=O)NC[C@H]1CCO[C@H]1C(=O)O)C(F)(F)F)OCC1c2ccccc2-c2ccccc21. The third-order valence-electron chi connectivity index (χ3n) is 6.19. The maximum atomic E-state index is 13.5. The third-order valence-corrected chi connectivity index (χ3v) is 6.19. The van der Waals surface area contributed by atoms with Gasteiger partial charge in [-0.3, -0.25) is 4.79 Å². The van der Waals surface area contributed by atoms with E-state index in [1.807, 2.05) is 48.5 Å². The van der Waals surface area contributed by atoms with Crippen molar-refractivity contribution >= 4 is 18.0 Å². The molecule has 1 fully saturated rings. The summed E-state index contributed by atoms with van der Waals surface area (Å²) in [5, 5.41) is 12.8. The molecule has 2 amide bonds. The maximum Gasteiger partial charge on any atom is 0.417 e. The van der Waals surface area contributed by atoms with E-state index in [0.717, 1.165) is 22.3 Å². The second kappa shape index (κ2) is 9.95. The van der Waals surface area contributed by atoms with Crippen LogP contribution in [0.3, 0.4) is 0 Å². The highest BCUT2D eigenvalue weighted by Gasteiger charge is 2.47. The van der Waals surface area contributed by atoms with Gasteiger partial charge in [-0.05, 0) is 28.7 Å². The molecule has 2 aliphatic rings. The highest BCUT2D eigenvalue weighted by molar-refractivity contribution is 5.86. The fourth-order valence-electron chi connectivity index (χ4n) is 4.50. The monoisotopic (exact) mass is 492 g/mol. The highest BCUT2D eigenvalue weighted by atomic mass is 19.4. The van der Waals surface area contributed by atoms with Gasteiger partial charge in [0.15, 0.2) is 6.10 Å². The van der Waals surface area contributed by atoms with Crippen LogP contribution in [0.1, 0.15) is 23.5 Å². The number of carboxylic acids is 1. The van der Waals surface area contributed by atoms with Crippen molar-refractivity contribution in [1.29, 1.82) is 0 Å². The molecule has 0 saturated carbocycles. The Balaban J connectivity index is 1.38. The summed E-state index contributed by atoms with van der Waals surface area (Å²) in [4.78, 5) is 35.7. The van der Waals surface area contributed by atoms with Crippen molar-refractivity contribution in [2.75, 3.05) is 19.8 Å². The molecule has 0 aromatic heterocycles. The average Bonchev–Trinajstić information content (AvgIpc) is 3.42. The second-order valence-electron chi connectivity index (χ2n) is 8.37. The predicted molar refractivity (Wildman–Crippen MR) is 117 cm³/mol. The molecule has 1 heterocycles. The number of carbonyl (C=O) groups excluding carboxylic acids is 2. The number of carboxylic acid groups (broad SMARTS) is 1. The first-order valence-corrected chi connectivity index (χ1v) is 11.0. The van der Waals surface area contributed by atoms with Gasteiger partial charge in [-0.1, -0.05) is 48.5 Å². The number of halogens is 3. The fourth-order valence-corrected chi connectivity index (χ4v) is 4.50. The van der Waals surface area contributed by atoms with E-state index in [2.05, 4.69) is 5.32 Å². The molecule has 3 atom stereocenters. The molecule has 2 aromatic carbocycles. The van der Waals surface area contributed by atoms with Gasteiger partial charge < -0.3 is 25.2 Å². The van der Waals surface area contributed by atoms with Crippen LogP contribution >= 0.6 is 0 Å². The smallest absolute Gasteiger partial charge is 0.417 e. The highest BCUT2D eigenvalue weighted by Crippen LogP contribution is 2.44. The number of ether oxygens (including phenoxy) is 2. The van der Waals surface area contributed by atoms with Crippen molar-refractivity contribution in [3.05, 3.63) is 59.7 Å². The zero-order valence-electron chi connectivity index (χ0n) is 18.4. The number of amides is 2. The van der Waals surface area contributed by atoms with Gasteiger partial charge in [0.1, 0.15) is 6.61 Å². The van der Waals surface area contributed by atoms with Gasteiger partial charge in [-0.2, -0.15) is 13.2 Å². The lowest BCUT2D eigenvalue weighted by Crippen LogP contribution is -2.56. The standard InChI is InChI=1S/C24H23F3N2O6/c25-24(26,27)20(21(30)28-11-13-9-10-34-19(13)22(31)32)29-23(33)35-12-18-16-7-3-1-5-14(16)15-6-2-4-8-17(15)18/h1-8,13,18-20H,9-12H2,(H,28,30)(H,29,33)(H,31,32)/t13-,19-,20?/m1/s1. The number of alkyl halides is 3. The Morgan fingerprint density at radius 2 is 1.66 bits per heavy atom. The summed E-state index contributed by atoms with van der Waals surface area (Å²) < 4.78 is 50.7. The molecule has 0 bridgehead atoms. The Kier molecular flexibility index (Phi) is 6.97. The summed E-state index contributed by atoms with van der Waals surface area (Å²) in [6.45, 7) is -0.432. The summed E-state index contributed by atoms with van der Waals surface area (Å²) in [5.41, 5.74) is 3.69. The lowest BCUT2D eigenvalue weighted by atomic mass is 9.98. The number of carbonyl (C=O) groups is 3. The normalized spacial score (nSPS) is 20.0. The Hall–Kier alpha value is -3.60. The Morgan fingerprint density at radius 3 is 2.23 bits per heavy atom. The van der Waals surface area contributed by atoms with Crippen molar-refractivity contribution in [3.8, 4) is 11.1 Å². The zero-order valence-corrected chi connectivity index (χ0v) is 18.4. The molecule has 11 heteroatoms. The Morgan fingerprint density at radius 1 is 1.06 bits per heavy atom. The molecular weight excluding hydrogens is 469 g/mol. The van der Waals surface area contributed by atoms with Gasteiger partial charge in [0, 0.05) is 25.0 Å². The van der Waals surface area contributed by atoms with E-state index in [-0.39, 0.29) is 32.1 Å². The van der Waals surface area contributed by atoms with Crippen LogP contribution in [0.4, 0.5) is 18.0 Å². The van der Waals surface area contributed by atoms with Crippen molar-refractivity contribution < 1.29 is 42.1 Å². The molecule has 8 nitrogen and oxygen atoms in total. The van der Waals surface area contributed by atoms with Gasteiger partial charge in [0.2, 0.25) is 6.04 Å². The predicted octanol–water partition coefficient (Wildman–Crippen LogP) is 3.06. The molecule has 2 aromatic rings. The molecule has 3 N–H and O–H groups in total. The Labute approximate surface area is 198 Å². The molecule has 1 saturated heterocycles. The van der Waals surface area contributed by atoms with Crippen molar-refractivity contribution in [3.63, 3.8) is 0 Å². The number of hydrogen-bond acceptors (Lipinski definition) is 5. The van der Waals surface area contributed by atoms with Crippen LogP contribution in [0.2, 0.25) is 0 Å². The third kappa shape index (κ3) is 5.24. The quantitative estimate of drug-likeness (QED) is 0.548. The van der Waals surface area contributed by atoms with Gasteiger partial charge in [-0.25, -0.2) is 9.59 Å². The largest absolute Gasteiger partial charge is 0.479 e. The number of benzene rings is 2. The number of aliphatic carboxylic acids is 1. The van der Waals surface area contributed by atoms with Crippen LogP contribution in [0.25, 0.3) is 11.1 Å². The number of fused-ring (bicyclic) bond motifs is 3. The van der Waals surface area contributed by atoms with Crippen molar-refractivity contribution in [2.45, 2.75) is 30.7 Å². The van der Waals surface area contributed by atoms with Gasteiger partial charge in [0.25, 0.3) is 5.91 Å². The molecule has 1 aliphatic heterocycles. The molecule has 186 valence electrons. The number of alkyl carbamates (subject to hydrolysis) is 1. The first-order chi connectivity index (χ1) is 16.7. The average molecular weight is 492 g/mol. The van der Waals surface area contributed by atoms with E-state index in [1.165, 1.54) is 0 Å². The van der Waals surface area contributed by atoms with Crippen LogP contribution in [-0.4, -0.2) is 61.2 Å². The minimum Gasteiger partial charge on any atom is -0.479 e. The Bertz CT molecular complexity index is 1080. The molecule has 35 heavy (non-hydrogen) atoms. The number of nitrogens with one attached hydrogen (secondary N) is 2. The molecule has 0 radical (unpaired) electrons. The number of hydrogen-bond donors (Lipinski definition) is 3. The second-order valence-corrected chi connectivity index (χ2v) is 8.37. The zero-order chi connectivity index (χ0) is 25.2. The topological polar surface area (TPSA) is 114 Å². The van der Waals surface area contributed by atoms with Gasteiger partial charge >= 0.3 is 18.2 Å². The summed E-state index contributed by atoms with van der Waals surface area (Å²) in [6.07, 6.45) is -7.42. The van der Waals surface area contributed by atoms with E-state index in [0.29, 0.717) is 0 Å². The van der Waals surface area contributed by atoms with E-state index < -0.39 is 42.2 Å². The fraction of sp³-hybridized carbons (Fsp3) is 0.375. The van der Waals surface area contributed by atoms with Crippen molar-refractivity contribution in [2.24, 2.45) is 5.92 Å². The van der Waals surface area contributed by atoms with E-state index in [1.54, 1.807) is 5.32 Å². The molecular formula is C24H23F3N2O6. The number of rotatable bonds is 7. The maximum absolute atomic E-state index is 13.5. The van der Waals surface area contributed by atoms with Crippen LogP contribution in [0.15, 0.2) is 48.5 Å². The lowest BCUT2D eigenvalue weighted by Gasteiger charge is -2.23. The van der Waals surface area contributed by atoms with Crippen molar-refractivity contribution in [1.82, 2.24) is 10.6 Å². The molecule has 4 rings (SSSR count). The van der Waals surface area contributed by atoms with Gasteiger partial charge in [0.05, 0.1) is 0 Å². The van der Waals surface area contributed by atoms with Crippen LogP contribution in [0.5, 0.6) is 0 Å².